The third-order valence-corrected chi connectivity index (χ3v) is 3.56. The van der Waals surface area contributed by atoms with Gasteiger partial charge in [0.15, 0.2) is 0 Å². The number of ether oxygens (including phenoxy) is 1. The summed E-state index contributed by atoms with van der Waals surface area (Å²) in [5.74, 6) is 0.813. The number of nitrogen functional groups attached to an aromatic ring is 1. The zero-order valence-corrected chi connectivity index (χ0v) is 12.8. The van der Waals surface area contributed by atoms with Crippen molar-refractivity contribution in [2.75, 3.05) is 17.7 Å². The molecule has 0 aliphatic rings. The number of esters is 1. The number of aromatic nitrogens is 1. The van der Waals surface area contributed by atoms with Gasteiger partial charge in [0.25, 0.3) is 0 Å². The van der Waals surface area contributed by atoms with E-state index in [-0.39, 0.29) is 6.04 Å². The largest absolute Gasteiger partial charge is 0.462 e. The lowest BCUT2D eigenvalue weighted by atomic mass is 9.95. The van der Waals surface area contributed by atoms with Crippen LogP contribution in [0, 0.1) is 5.92 Å². The molecule has 1 atom stereocenters. The zero-order valence-electron chi connectivity index (χ0n) is 12.8. The fourth-order valence-electron chi connectivity index (χ4n) is 2.28. The van der Waals surface area contributed by atoms with Crippen molar-refractivity contribution >= 4 is 17.5 Å². The molecule has 0 amide bonds. The molecular formula is C15H25N3O2. The third-order valence-electron chi connectivity index (χ3n) is 3.56. The summed E-state index contributed by atoms with van der Waals surface area (Å²) in [6.45, 7) is 8.57. The molecule has 5 nitrogen and oxygen atoms in total. The van der Waals surface area contributed by atoms with Gasteiger partial charge in [-0.25, -0.2) is 9.78 Å². The summed E-state index contributed by atoms with van der Waals surface area (Å²) in [4.78, 5) is 16.0. The highest BCUT2D eigenvalue weighted by atomic mass is 16.5. The Balaban J connectivity index is 2.87. The third kappa shape index (κ3) is 4.11. The van der Waals surface area contributed by atoms with E-state index in [4.69, 9.17) is 10.5 Å². The molecule has 0 aliphatic heterocycles. The molecule has 0 saturated heterocycles. The molecule has 0 aliphatic carbocycles. The van der Waals surface area contributed by atoms with Gasteiger partial charge in [-0.3, -0.25) is 0 Å². The molecule has 1 unspecified atom stereocenters. The Morgan fingerprint density at radius 3 is 2.60 bits per heavy atom. The average Bonchev–Trinajstić information content (AvgIpc) is 2.42. The van der Waals surface area contributed by atoms with E-state index in [2.05, 4.69) is 31.1 Å². The lowest BCUT2D eigenvalue weighted by Gasteiger charge is -2.23. The number of carbonyl (C=O) groups excluding carboxylic acids is 1. The minimum atomic E-state index is -0.411. The fraction of sp³-hybridized carbons (Fsp3) is 0.600. The van der Waals surface area contributed by atoms with E-state index >= 15 is 0 Å². The van der Waals surface area contributed by atoms with Crippen molar-refractivity contribution in [3.8, 4) is 0 Å². The molecule has 1 aromatic heterocycles. The van der Waals surface area contributed by atoms with Gasteiger partial charge in [0, 0.05) is 6.04 Å². The van der Waals surface area contributed by atoms with Gasteiger partial charge in [0.1, 0.15) is 5.82 Å². The Labute approximate surface area is 120 Å². The summed E-state index contributed by atoms with van der Waals surface area (Å²) in [6.07, 6.45) is 3.70. The van der Waals surface area contributed by atoms with Gasteiger partial charge in [-0.2, -0.15) is 0 Å². The van der Waals surface area contributed by atoms with Crippen molar-refractivity contribution in [1.29, 1.82) is 0 Å². The number of carbonyl (C=O) groups is 1. The lowest BCUT2D eigenvalue weighted by molar-refractivity contribution is 0.0527. The van der Waals surface area contributed by atoms with E-state index in [0.717, 1.165) is 12.8 Å². The van der Waals surface area contributed by atoms with E-state index < -0.39 is 5.97 Å². The molecule has 0 saturated carbocycles. The minimum Gasteiger partial charge on any atom is -0.462 e. The molecule has 1 heterocycles. The molecule has 20 heavy (non-hydrogen) atoms. The van der Waals surface area contributed by atoms with Crippen LogP contribution in [0.1, 0.15) is 50.9 Å². The van der Waals surface area contributed by atoms with Crippen LogP contribution in [-0.2, 0) is 4.74 Å². The van der Waals surface area contributed by atoms with Crippen molar-refractivity contribution in [1.82, 2.24) is 4.98 Å². The van der Waals surface area contributed by atoms with Gasteiger partial charge in [-0.15, -0.1) is 0 Å². The van der Waals surface area contributed by atoms with Gasteiger partial charge < -0.3 is 15.8 Å². The van der Waals surface area contributed by atoms with Crippen molar-refractivity contribution in [2.45, 2.75) is 46.6 Å². The van der Waals surface area contributed by atoms with Crippen molar-refractivity contribution in [3.63, 3.8) is 0 Å². The lowest BCUT2D eigenvalue weighted by Crippen LogP contribution is -2.25. The number of rotatable bonds is 7. The standard InChI is InChI=1S/C15H25N3O2/c1-5-11(6-2)10(4)18-14-8-12(13(16)9-17-14)15(19)20-7-3/h8-11H,5-7,16H2,1-4H3,(H,17,18). The minimum absolute atomic E-state index is 0.288. The van der Waals surface area contributed by atoms with Crippen LogP contribution in [-0.4, -0.2) is 23.6 Å². The van der Waals surface area contributed by atoms with Crippen molar-refractivity contribution < 1.29 is 9.53 Å². The van der Waals surface area contributed by atoms with E-state index in [9.17, 15) is 4.79 Å². The highest BCUT2D eigenvalue weighted by Gasteiger charge is 2.16. The number of anilines is 2. The maximum atomic E-state index is 11.8. The molecule has 1 rings (SSSR count). The van der Waals surface area contributed by atoms with Crippen molar-refractivity contribution in [3.05, 3.63) is 17.8 Å². The Morgan fingerprint density at radius 1 is 1.40 bits per heavy atom. The van der Waals surface area contributed by atoms with Crippen LogP contribution in [0.4, 0.5) is 11.5 Å². The second-order valence-corrected chi connectivity index (χ2v) is 4.89. The second-order valence-electron chi connectivity index (χ2n) is 4.89. The van der Waals surface area contributed by atoms with E-state index in [0.29, 0.717) is 29.6 Å². The molecule has 112 valence electrons. The second kappa shape index (κ2) is 7.72. The SMILES string of the molecule is CCOC(=O)c1cc(NC(C)C(CC)CC)ncc1N. The monoisotopic (exact) mass is 279 g/mol. The Bertz CT molecular complexity index is 445. The van der Waals surface area contributed by atoms with Gasteiger partial charge in [-0.1, -0.05) is 26.7 Å². The summed E-state index contributed by atoms with van der Waals surface area (Å²) in [5, 5.41) is 3.33. The average molecular weight is 279 g/mol. The molecule has 0 aromatic carbocycles. The van der Waals surface area contributed by atoms with Crippen LogP contribution in [0.2, 0.25) is 0 Å². The quantitative estimate of drug-likeness (QED) is 0.750. The number of hydrogen-bond donors (Lipinski definition) is 2. The van der Waals surface area contributed by atoms with Gasteiger partial charge >= 0.3 is 5.97 Å². The first kappa shape index (κ1) is 16.3. The van der Waals surface area contributed by atoms with E-state index in [1.165, 1.54) is 6.20 Å². The number of nitrogens with one attached hydrogen (secondary N) is 1. The summed E-state index contributed by atoms with van der Waals surface area (Å²) >= 11 is 0. The molecule has 0 radical (unpaired) electrons. The molecule has 5 heteroatoms. The molecule has 0 fully saturated rings. The molecule has 0 bridgehead atoms. The van der Waals surface area contributed by atoms with Crippen LogP contribution in [0.3, 0.4) is 0 Å². The van der Waals surface area contributed by atoms with E-state index in [1.54, 1.807) is 13.0 Å². The van der Waals surface area contributed by atoms with Crippen molar-refractivity contribution in [2.24, 2.45) is 5.92 Å². The summed E-state index contributed by atoms with van der Waals surface area (Å²) in [5.41, 5.74) is 6.47. The topological polar surface area (TPSA) is 77.2 Å². The van der Waals surface area contributed by atoms with Crippen LogP contribution < -0.4 is 11.1 Å². The van der Waals surface area contributed by atoms with Crippen LogP contribution in [0.25, 0.3) is 0 Å². The first-order valence-electron chi connectivity index (χ1n) is 7.22. The molecule has 3 N–H and O–H groups in total. The van der Waals surface area contributed by atoms with Crippen LogP contribution in [0.15, 0.2) is 12.3 Å². The number of nitrogens with two attached hydrogens (primary N) is 1. The Kier molecular flexibility index (Phi) is 6.28. The Hall–Kier alpha value is -1.78. The zero-order chi connectivity index (χ0) is 15.1. The highest BCUT2D eigenvalue weighted by Crippen LogP contribution is 2.20. The summed E-state index contributed by atoms with van der Waals surface area (Å²) in [6, 6.07) is 1.95. The number of hydrogen-bond acceptors (Lipinski definition) is 5. The van der Waals surface area contributed by atoms with Gasteiger partial charge in [0.05, 0.1) is 24.1 Å². The molecule has 1 aromatic rings. The fourth-order valence-corrected chi connectivity index (χ4v) is 2.28. The predicted molar refractivity (Wildman–Crippen MR) is 81.8 cm³/mol. The molecular weight excluding hydrogens is 254 g/mol. The Morgan fingerprint density at radius 2 is 2.05 bits per heavy atom. The van der Waals surface area contributed by atoms with Crippen LogP contribution in [0.5, 0.6) is 0 Å². The smallest absolute Gasteiger partial charge is 0.340 e. The molecule has 0 spiro atoms. The van der Waals surface area contributed by atoms with Gasteiger partial charge in [-0.05, 0) is 25.8 Å². The number of nitrogens with zero attached hydrogens (tertiary/aromatic N) is 1. The maximum Gasteiger partial charge on any atom is 0.340 e. The summed E-state index contributed by atoms with van der Waals surface area (Å²) < 4.78 is 4.98. The normalized spacial score (nSPS) is 12.2. The van der Waals surface area contributed by atoms with Gasteiger partial charge in [0.2, 0.25) is 0 Å². The predicted octanol–water partition coefficient (Wildman–Crippen LogP) is 3.08. The summed E-state index contributed by atoms with van der Waals surface area (Å²) in [7, 11) is 0. The maximum absolute atomic E-state index is 11.8. The number of pyridine rings is 1. The first-order valence-corrected chi connectivity index (χ1v) is 7.22. The first-order chi connectivity index (χ1) is 9.53. The van der Waals surface area contributed by atoms with Crippen LogP contribution >= 0.6 is 0 Å². The highest BCUT2D eigenvalue weighted by molar-refractivity contribution is 5.95. The van der Waals surface area contributed by atoms with E-state index in [1.807, 2.05) is 0 Å².